The Morgan fingerprint density at radius 2 is 0.607 bits per heavy atom. The molecule has 0 aromatic heterocycles. The Kier molecular flexibility index (Phi) is 29.6. The molecule has 0 unspecified atom stereocenters. The van der Waals surface area contributed by atoms with Crippen LogP contribution in [0.25, 0.3) is 0 Å². The first-order valence-corrected chi connectivity index (χ1v) is 12.5. The molecule has 0 aliphatic heterocycles. The summed E-state index contributed by atoms with van der Waals surface area (Å²) in [5.74, 6) is 0. The first-order valence-electron chi connectivity index (χ1n) is 12.5. The monoisotopic (exact) mass is 421 g/mol. The minimum absolute atomic E-state index is 0. The lowest BCUT2D eigenvalue weighted by molar-refractivity contribution is -0.910. The minimum Gasteiger partial charge on any atom is -0.344 e. The number of unbranched alkanes of at least 4 members (excludes halogenated alkanes) is 15. The lowest BCUT2D eigenvalue weighted by Gasteiger charge is -2.35. The van der Waals surface area contributed by atoms with Crippen molar-refractivity contribution in [3.05, 3.63) is 0 Å². The summed E-state index contributed by atoms with van der Waals surface area (Å²) in [6, 6.07) is 0. The number of nitrogens with zero attached hydrogens (tertiary/aromatic N) is 1. The van der Waals surface area contributed by atoms with Crippen LogP contribution in [0, 0.1) is 0 Å². The molecular formula is C25H58ClN2+. The van der Waals surface area contributed by atoms with Crippen LogP contribution in [0.5, 0.6) is 0 Å². The summed E-state index contributed by atoms with van der Waals surface area (Å²) in [5, 5.41) is 0. The molecule has 0 aromatic rings. The molecule has 0 saturated heterocycles. The number of quaternary nitrogens is 1. The average Bonchev–Trinajstić information content (AvgIpc) is 2.64. The molecule has 2 nitrogen and oxygen atoms in total. The van der Waals surface area contributed by atoms with E-state index in [1.54, 1.807) is 0 Å². The third kappa shape index (κ3) is 22.5. The maximum Gasteiger partial charge on any atom is 0.0784 e. The molecule has 0 aliphatic carbocycles. The van der Waals surface area contributed by atoms with E-state index in [4.69, 9.17) is 0 Å². The number of hydrogen-bond donors (Lipinski definition) is 1. The molecule has 3 heteroatoms. The highest BCUT2D eigenvalue weighted by Gasteiger charge is 2.20. The van der Waals surface area contributed by atoms with Crippen molar-refractivity contribution in [2.24, 2.45) is 0 Å². The van der Waals surface area contributed by atoms with Gasteiger partial charge >= 0.3 is 0 Å². The standard InChI is InChI=1S/C25H54N.ClH.H3N/c1-5-8-11-14-17-20-23-26(4,24-21-18-15-12-9-6-2)25-22-19-16-13-10-7-3;;/h5-25H2,1-4H3;1H;1H3/q+1;;. The topological polar surface area (TPSA) is 35.0 Å². The van der Waals surface area contributed by atoms with Crippen molar-refractivity contribution in [2.45, 2.75) is 136 Å². The lowest BCUT2D eigenvalue weighted by Crippen LogP contribution is -2.46. The number of halogens is 1. The highest BCUT2D eigenvalue weighted by atomic mass is 35.5. The molecule has 0 spiro atoms. The quantitative estimate of drug-likeness (QED) is 0.145. The van der Waals surface area contributed by atoms with Crippen LogP contribution in [0.3, 0.4) is 0 Å². The van der Waals surface area contributed by atoms with Crippen molar-refractivity contribution in [1.29, 1.82) is 0 Å². The van der Waals surface area contributed by atoms with Gasteiger partial charge in [-0.15, -0.1) is 12.4 Å². The van der Waals surface area contributed by atoms with Gasteiger partial charge in [-0.2, -0.15) is 0 Å². The van der Waals surface area contributed by atoms with Crippen LogP contribution in [-0.4, -0.2) is 31.2 Å². The van der Waals surface area contributed by atoms with E-state index in [0.29, 0.717) is 0 Å². The van der Waals surface area contributed by atoms with Gasteiger partial charge in [0.15, 0.2) is 0 Å². The maximum absolute atomic E-state index is 2.56. The fourth-order valence-electron chi connectivity index (χ4n) is 4.16. The molecule has 0 bridgehead atoms. The molecule has 0 fully saturated rings. The van der Waals surface area contributed by atoms with E-state index in [-0.39, 0.29) is 18.6 Å². The second kappa shape index (κ2) is 25.2. The van der Waals surface area contributed by atoms with Crippen molar-refractivity contribution in [1.82, 2.24) is 6.15 Å². The fourth-order valence-corrected chi connectivity index (χ4v) is 4.16. The summed E-state index contributed by atoms with van der Waals surface area (Å²) in [6.07, 6.45) is 25.9. The van der Waals surface area contributed by atoms with Crippen molar-refractivity contribution >= 4 is 12.4 Å². The van der Waals surface area contributed by atoms with Gasteiger partial charge in [-0.3, -0.25) is 0 Å². The normalized spacial score (nSPS) is 11.1. The zero-order valence-electron chi connectivity index (χ0n) is 20.4. The second-order valence-electron chi connectivity index (χ2n) is 9.09. The smallest absolute Gasteiger partial charge is 0.0784 e. The Balaban J connectivity index is -0.00000312. The van der Waals surface area contributed by atoms with Gasteiger partial charge in [0.2, 0.25) is 0 Å². The molecule has 0 rings (SSSR count). The first kappa shape index (κ1) is 32.9. The van der Waals surface area contributed by atoms with E-state index >= 15 is 0 Å². The van der Waals surface area contributed by atoms with Gasteiger partial charge in [0, 0.05) is 0 Å². The van der Waals surface area contributed by atoms with E-state index < -0.39 is 0 Å². The van der Waals surface area contributed by atoms with Gasteiger partial charge in [-0.1, -0.05) is 97.8 Å². The zero-order chi connectivity index (χ0) is 19.3. The van der Waals surface area contributed by atoms with Crippen molar-refractivity contribution in [3.8, 4) is 0 Å². The highest BCUT2D eigenvalue weighted by Crippen LogP contribution is 2.16. The Morgan fingerprint density at radius 3 is 0.857 bits per heavy atom. The molecule has 0 aromatic carbocycles. The number of rotatable bonds is 21. The van der Waals surface area contributed by atoms with Crippen LogP contribution in [-0.2, 0) is 0 Å². The maximum atomic E-state index is 2.56. The average molecular weight is 422 g/mol. The number of hydrogen-bond acceptors (Lipinski definition) is 1. The fraction of sp³-hybridized carbons (Fsp3) is 1.00. The second-order valence-corrected chi connectivity index (χ2v) is 9.09. The minimum atomic E-state index is 0. The van der Waals surface area contributed by atoms with Crippen molar-refractivity contribution in [3.63, 3.8) is 0 Å². The van der Waals surface area contributed by atoms with Gasteiger partial charge in [0.1, 0.15) is 0 Å². The van der Waals surface area contributed by atoms with E-state index in [1.165, 1.54) is 140 Å². The van der Waals surface area contributed by atoms with E-state index in [1.807, 2.05) is 0 Å². The molecule has 0 atom stereocenters. The zero-order valence-corrected chi connectivity index (χ0v) is 21.2. The molecule has 28 heavy (non-hydrogen) atoms. The van der Waals surface area contributed by atoms with Crippen LogP contribution in [0.15, 0.2) is 0 Å². The van der Waals surface area contributed by atoms with E-state index in [9.17, 15) is 0 Å². The van der Waals surface area contributed by atoms with Gasteiger partial charge in [0.05, 0.1) is 26.7 Å². The lowest BCUT2D eigenvalue weighted by atomic mass is 10.1. The van der Waals surface area contributed by atoms with Crippen LogP contribution in [0.2, 0.25) is 0 Å². The van der Waals surface area contributed by atoms with Crippen LogP contribution < -0.4 is 6.15 Å². The Hall–Kier alpha value is 0.210. The molecule has 0 saturated carbocycles. The van der Waals surface area contributed by atoms with E-state index in [2.05, 4.69) is 27.8 Å². The first-order chi connectivity index (χ1) is 12.7. The van der Waals surface area contributed by atoms with Crippen LogP contribution in [0.4, 0.5) is 0 Å². The summed E-state index contributed by atoms with van der Waals surface area (Å²) >= 11 is 0. The predicted octanol–water partition coefficient (Wildman–Crippen LogP) is 9.10. The van der Waals surface area contributed by atoms with Gasteiger partial charge in [-0.05, 0) is 38.5 Å². The highest BCUT2D eigenvalue weighted by molar-refractivity contribution is 5.85. The molecule has 174 valence electrons. The van der Waals surface area contributed by atoms with Gasteiger partial charge in [-0.25, -0.2) is 0 Å². The molecule has 0 radical (unpaired) electrons. The predicted molar refractivity (Wildman–Crippen MR) is 133 cm³/mol. The van der Waals surface area contributed by atoms with Crippen molar-refractivity contribution < 1.29 is 4.48 Å². The van der Waals surface area contributed by atoms with Crippen molar-refractivity contribution in [2.75, 3.05) is 26.7 Å². The molecule has 3 N–H and O–H groups in total. The van der Waals surface area contributed by atoms with Gasteiger partial charge < -0.3 is 10.6 Å². The van der Waals surface area contributed by atoms with Crippen LogP contribution in [0.1, 0.15) is 136 Å². The third-order valence-corrected chi connectivity index (χ3v) is 6.15. The molecular weight excluding hydrogens is 364 g/mol. The van der Waals surface area contributed by atoms with Gasteiger partial charge in [0.25, 0.3) is 0 Å². The molecule has 0 aliphatic rings. The van der Waals surface area contributed by atoms with Crippen LogP contribution >= 0.6 is 12.4 Å². The SMILES string of the molecule is CCCCCCCC[N+](C)(CCCCCCCC)CCCCCCCC.Cl.N. The largest absolute Gasteiger partial charge is 0.344 e. The molecule has 0 amide bonds. The summed E-state index contributed by atoms with van der Waals surface area (Å²) in [4.78, 5) is 0. The Morgan fingerprint density at radius 1 is 0.393 bits per heavy atom. The Bertz CT molecular complexity index is 230. The Labute approximate surface area is 186 Å². The van der Waals surface area contributed by atoms with E-state index in [0.717, 1.165) is 0 Å². The summed E-state index contributed by atoms with van der Waals surface area (Å²) < 4.78 is 1.36. The molecule has 0 heterocycles. The third-order valence-electron chi connectivity index (χ3n) is 6.15. The summed E-state index contributed by atoms with van der Waals surface area (Å²) in [5.41, 5.74) is 0. The summed E-state index contributed by atoms with van der Waals surface area (Å²) in [7, 11) is 2.56. The summed E-state index contributed by atoms with van der Waals surface area (Å²) in [6.45, 7) is 11.2.